The molecule has 7 nitrogen and oxygen atoms in total. The number of hydrogen-bond donors (Lipinski definition) is 3. The van der Waals surface area contributed by atoms with Gasteiger partial charge in [0.2, 0.25) is 5.82 Å². The van der Waals surface area contributed by atoms with Gasteiger partial charge in [-0.1, -0.05) is 12.1 Å². The van der Waals surface area contributed by atoms with Gasteiger partial charge in [0.15, 0.2) is 11.7 Å². The number of benzene rings is 1. The van der Waals surface area contributed by atoms with Crippen LogP contribution in [0.4, 0.5) is 4.39 Å². The summed E-state index contributed by atoms with van der Waals surface area (Å²) in [7, 11) is 0. The van der Waals surface area contributed by atoms with Gasteiger partial charge in [0, 0.05) is 6.54 Å². The van der Waals surface area contributed by atoms with E-state index in [1.165, 1.54) is 12.1 Å². The zero-order chi connectivity index (χ0) is 17.5. The SMILES string of the molecule is CCNC(=NCc1ccc(F)cc1)NCc1nc(-c2ccco2)n[nH]1. The van der Waals surface area contributed by atoms with Crippen LogP contribution in [-0.4, -0.2) is 27.7 Å². The highest BCUT2D eigenvalue weighted by atomic mass is 19.1. The van der Waals surface area contributed by atoms with Crippen molar-refractivity contribution in [1.82, 2.24) is 25.8 Å². The summed E-state index contributed by atoms with van der Waals surface area (Å²) in [4.78, 5) is 8.84. The molecule has 0 aliphatic rings. The van der Waals surface area contributed by atoms with E-state index in [2.05, 4.69) is 30.8 Å². The molecule has 0 amide bonds. The molecule has 8 heteroatoms. The van der Waals surface area contributed by atoms with Gasteiger partial charge in [-0.2, -0.15) is 0 Å². The molecule has 0 radical (unpaired) electrons. The van der Waals surface area contributed by atoms with Crippen LogP contribution in [0.1, 0.15) is 18.3 Å². The first-order valence-corrected chi connectivity index (χ1v) is 7.96. The molecule has 3 rings (SSSR count). The fourth-order valence-electron chi connectivity index (χ4n) is 2.16. The number of aliphatic imine (C=N–C) groups is 1. The number of guanidine groups is 1. The summed E-state index contributed by atoms with van der Waals surface area (Å²) in [5.41, 5.74) is 0.929. The molecule has 25 heavy (non-hydrogen) atoms. The molecule has 3 aromatic rings. The van der Waals surface area contributed by atoms with Crippen LogP contribution in [0, 0.1) is 5.82 Å². The van der Waals surface area contributed by atoms with E-state index in [1.807, 2.05) is 6.92 Å². The molecule has 0 atom stereocenters. The average molecular weight is 342 g/mol. The quantitative estimate of drug-likeness (QED) is 0.473. The number of H-pyrrole nitrogens is 1. The number of hydrogen-bond acceptors (Lipinski definition) is 4. The predicted octanol–water partition coefficient (Wildman–Crippen LogP) is 2.46. The minimum Gasteiger partial charge on any atom is -0.461 e. The third kappa shape index (κ3) is 4.66. The van der Waals surface area contributed by atoms with Crippen LogP contribution in [0.3, 0.4) is 0 Å². The van der Waals surface area contributed by atoms with Crippen molar-refractivity contribution in [3.05, 3.63) is 59.9 Å². The van der Waals surface area contributed by atoms with Crippen LogP contribution >= 0.6 is 0 Å². The summed E-state index contributed by atoms with van der Waals surface area (Å²) < 4.78 is 18.2. The van der Waals surface area contributed by atoms with Crippen molar-refractivity contribution in [3.63, 3.8) is 0 Å². The summed E-state index contributed by atoms with van der Waals surface area (Å²) in [6.45, 7) is 3.59. The van der Waals surface area contributed by atoms with Crippen molar-refractivity contribution in [1.29, 1.82) is 0 Å². The van der Waals surface area contributed by atoms with Crippen molar-refractivity contribution < 1.29 is 8.81 Å². The Morgan fingerprint density at radius 1 is 1.24 bits per heavy atom. The molecule has 0 spiro atoms. The lowest BCUT2D eigenvalue weighted by atomic mass is 10.2. The Balaban J connectivity index is 1.60. The van der Waals surface area contributed by atoms with Crippen LogP contribution in [-0.2, 0) is 13.1 Å². The van der Waals surface area contributed by atoms with Crippen molar-refractivity contribution in [2.75, 3.05) is 6.54 Å². The molecular weight excluding hydrogens is 323 g/mol. The zero-order valence-electron chi connectivity index (χ0n) is 13.8. The van der Waals surface area contributed by atoms with Crippen LogP contribution in [0.2, 0.25) is 0 Å². The van der Waals surface area contributed by atoms with Gasteiger partial charge >= 0.3 is 0 Å². The lowest BCUT2D eigenvalue weighted by molar-refractivity contribution is 0.577. The van der Waals surface area contributed by atoms with Gasteiger partial charge in [-0.25, -0.2) is 14.4 Å². The van der Waals surface area contributed by atoms with Gasteiger partial charge in [-0.15, -0.1) is 5.10 Å². The highest BCUT2D eigenvalue weighted by Crippen LogP contribution is 2.14. The molecule has 0 saturated carbocycles. The summed E-state index contributed by atoms with van der Waals surface area (Å²) >= 11 is 0. The van der Waals surface area contributed by atoms with Crippen molar-refractivity contribution in [2.45, 2.75) is 20.0 Å². The maximum Gasteiger partial charge on any atom is 0.216 e. The van der Waals surface area contributed by atoms with E-state index in [1.54, 1.807) is 30.5 Å². The molecule has 0 saturated heterocycles. The number of halogens is 1. The molecular formula is C17H19FN6O. The van der Waals surface area contributed by atoms with E-state index in [-0.39, 0.29) is 5.82 Å². The predicted molar refractivity (Wildman–Crippen MR) is 92.1 cm³/mol. The lowest BCUT2D eigenvalue weighted by Crippen LogP contribution is -2.37. The number of rotatable bonds is 6. The molecule has 130 valence electrons. The van der Waals surface area contributed by atoms with Gasteiger partial charge < -0.3 is 15.1 Å². The zero-order valence-corrected chi connectivity index (χ0v) is 13.8. The Bertz CT molecular complexity index is 810. The normalized spacial score (nSPS) is 11.5. The Hall–Kier alpha value is -3.16. The molecule has 3 N–H and O–H groups in total. The first kappa shape index (κ1) is 16.7. The summed E-state index contributed by atoms with van der Waals surface area (Å²) in [6, 6.07) is 9.87. The minimum atomic E-state index is -0.254. The Labute approximate surface area is 144 Å². The van der Waals surface area contributed by atoms with Crippen molar-refractivity contribution in [2.24, 2.45) is 4.99 Å². The second-order valence-corrected chi connectivity index (χ2v) is 5.26. The largest absolute Gasteiger partial charge is 0.461 e. The van der Waals surface area contributed by atoms with Gasteiger partial charge in [-0.05, 0) is 36.8 Å². The standard InChI is InChI=1S/C17H19FN6O/c1-2-19-17(20-10-12-5-7-13(18)8-6-12)21-11-15-22-16(24-23-15)14-4-3-9-25-14/h3-9H,2,10-11H2,1H3,(H2,19,20,21)(H,22,23,24). The van der Waals surface area contributed by atoms with Gasteiger partial charge in [-0.3, -0.25) is 5.10 Å². The van der Waals surface area contributed by atoms with Gasteiger partial charge in [0.05, 0.1) is 19.4 Å². The molecule has 1 aromatic carbocycles. The van der Waals surface area contributed by atoms with E-state index in [0.29, 0.717) is 36.5 Å². The number of furan rings is 1. The van der Waals surface area contributed by atoms with E-state index in [0.717, 1.165) is 12.1 Å². The van der Waals surface area contributed by atoms with E-state index in [4.69, 9.17) is 4.42 Å². The first-order valence-electron chi connectivity index (χ1n) is 7.96. The van der Waals surface area contributed by atoms with Crippen LogP contribution in [0.5, 0.6) is 0 Å². The van der Waals surface area contributed by atoms with Crippen LogP contribution in [0.25, 0.3) is 11.6 Å². The second kappa shape index (κ2) is 8.09. The highest BCUT2D eigenvalue weighted by molar-refractivity contribution is 5.79. The minimum absolute atomic E-state index is 0.254. The smallest absolute Gasteiger partial charge is 0.216 e. The fraction of sp³-hybridized carbons (Fsp3) is 0.235. The van der Waals surface area contributed by atoms with Crippen molar-refractivity contribution in [3.8, 4) is 11.6 Å². The van der Waals surface area contributed by atoms with E-state index in [9.17, 15) is 4.39 Å². The molecule has 0 fully saturated rings. The number of nitrogens with zero attached hydrogens (tertiary/aromatic N) is 3. The first-order chi connectivity index (χ1) is 12.2. The molecule has 0 aliphatic heterocycles. The summed E-state index contributed by atoms with van der Waals surface area (Å²) in [5, 5.41) is 13.3. The van der Waals surface area contributed by atoms with Crippen LogP contribution in [0.15, 0.2) is 52.1 Å². The van der Waals surface area contributed by atoms with E-state index < -0.39 is 0 Å². The molecule has 2 aromatic heterocycles. The molecule has 0 unspecified atom stereocenters. The Morgan fingerprint density at radius 3 is 2.80 bits per heavy atom. The third-order valence-electron chi connectivity index (χ3n) is 3.37. The number of nitrogens with one attached hydrogen (secondary N) is 3. The van der Waals surface area contributed by atoms with Gasteiger partial charge in [0.1, 0.15) is 11.6 Å². The second-order valence-electron chi connectivity index (χ2n) is 5.26. The van der Waals surface area contributed by atoms with Gasteiger partial charge in [0.25, 0.3) is 0 Å². The monoisotopic (exact) mass is 342 g/mol. The molecule has 0 aliphatic carbocycles. The summed E-state index contributed by atoms with van der Waals surface area (Å²) in [5.74, 6) is 2.17. The fourth-order valence-corrected chi connectivity index (χ4v) is 2.16. The average Bonchev–Trinajstić information content (AvgIpc) is 3.30. The van der Waals surface area contributed by atoms with E-state index >= 15 is 0 Å². The maximum absolute atomic E-state index is 12.9. The maximum atomic E-state index is 12.9. The topological polar surface area (TPSA) is 91.1 Å². The number of aromatic amines is 1. The Kier molecular flexibility index (Phi) is 5.40. The molecule has 0 bridgehead atoms. The summed E-state index contributed by atoms with van der Waals surface area (Å²) in [6.07, 6.45) is 1.58. The third-order valence-corrected chi connectivity index (χ3v) is 3.37. The van der Waals surface area contributed by atoms with Crippen molar-refractivity contribution >= 4 is 5.96 Å². The lowest BCUT2D eigenvalue weighted by Gasteiger charge is -2.10. The Morgan fingerprint density at radius 2 is 2.08 bits per heavy atom. The molecule has 2 heterocycles. The highest BCUT2D eigenvalue weighted by Gasteiger charge is 2.08. The van der Waals surface area contributed by atoms with Crippen LogP contribution < -0.4 is 10.6 Å². The number of aromatic nitrogens is 3.